The average Bonchev–Trinajstić information content (AvgIpc) is 3.01. The lowest BCUT2D eigenvalue weighted by Gasteiger charge is -2.55. The molecule has 7 nitrogen and oxygen atoms in total. The molecule has 4 rings (SSSR count). The topological polar surface area (TPSA) is 99.1 Å². The van der Waals surface area contributed by atoms with Gasteiger partial charge in [0.25, 0.3) is 5.91 Å². The third-order valence-electron chi connectivity index (χ3n) is 5.84. The minimum atomic E-state index is -0.117. The second kappa shape index (κ2) is 8.58. The Morgan fingerprint density at radius 1 is 1.32 bits per heavy atom. The molecule has 5 N–H and O–H groups in total. The van der Waals surface area contributed by atoms with Gasteiger partial charge in [-0.1, -0.05) is 6.42 Å². The van der Waals surface area contributed by atoms with Crippen LogP contribution in [0.4, 0.5) is 5.82 Å². The second-order valence-electron chi connectivity index (χ2n) is 7.20. The molecular formula is C16H28Cl2N6O. The third-order valence-corrected chi connectivity index (χ3v) is 5.84. The van der Waals surface area contributed by atoms with Crippen molar-refractivity contribution < 1.29 is 4.79 Å². The van der Waals surface area contributed by atoms with Gasteiger partial charge in [-0.05, 0) is 50.7 Å². The number of anilines is 1. The third kappa shape index (κ3) is 4.05. The molecule has 142 valence electrons. The normalized spacial score (nSPS) is 31.2. The van der Waals surface area contributed by atoms with Gasteiger partial charge in [0.2, 0.25) is 0 Å². The molecule has 0 saturated carbocycles. The highest BCUT2D eigenvalue weighted by atomic mass is 35.5. The Morgan fingerprint density at radius 3 is 2.88 bits per heavy atom. The summed E-state index contributed by atoms with van der Waals surface area (Å²) in [5.41, 5.74) is 6.01. The number of nitrogens with one attached hydrogen (secondary N) is 3. The molecule has 2 bridgehead atoms. The summed E-state index contributed by atoms with van der Waals surface area (Å²) in [6.07, 6.45) is 5.23. The van der Waals surface area contributed by atoms with Crippen molar-refractivity contribution in [2.75, 3.05) is 31.9 Å². The quantitative estimate of drug-likeness (QED) is 0.617. The van der Waals surface area contributed by atoms with E-state index < -0.39 is 0 Å². The van der Waals surface area contributed by atoms with Crippen molar-refractivity contribution in [1.82, 2.24) is 25.7 Å². The van der Waals surface area contributed by atoms with E-state index in [2.05, 4.69) is 25.7 Å². The Labute approximate surface area is 160 Å². The molecule has 4 heterocycles. The molecule has 0 unspecified atom stereocenters. The second-order valence-corrected chi connectivity index (χ2v) is 7.20. The number of H-pyrrole nitrogens is 1. The van der Waals surface area contributed by atoms with Gasteiger partial charge >= 0.3 is 0 Å². The zero-order chi connectivity index (χ0) is 15.8. The fourth-order valence-corrected chi connectivity index (χ4v) is 4.79. The van der Waals surface area contributed by atoms with E-state index in [1.54, 1.807) is 6.07 Å². The van der Waals surface area contributed by atoms with Crippen LogP contribution in [0.3, 0.4) is 0 Å². The Balaban J connectivity index is 0.00000113. The fraction of sp³-hybridized carbons (Fsp3) is 0.750. The Kier molecular flexibility index (Phi) is 6.96. The molecule has 1 aromatic rings. The molecule has 0 spiro atoms. The summed E-state index contributed by atoms with van der Waals surface area (Å²) >= 11 is 0. The van der Waals surface area contributed by atoms with E-state index in [-0.39, 0.29) is 30.7 Å². The van der Waals surface area contributed by atoms with E-state index in [0.717, 1.165) is 19.0 Å². The lowest BCUT2D eigenvalue weighted by molar-refractivity contribution is -0.0371. The fourth-order valence-electron chi connectivity index (χ4n) is 4.79. The molecular weight excluding hydrogens is 363 g/mol. The smallest absolute Gasteiger partial charge is 0.269 e. The van der Waals surface area contributed by atoms with Crippen molar-refractivity contribution in [3.63, 3.8) is 0 Å². The minimum absolute atomic E-state index is 0. The van der Waals surface area contributed by atoms with Crippen molar-refractivity contribution in [3.8, 4) is 0 Å². The largest absolute Gasteiger partial charge is 0.382 e. The number of nitrogens with zero attached hydrogens (tertiary/aromatic N) is 2. The monoisotopic (exact) mass is 390 g/mol. The standard InChI is InChI=1S/C16H26N6O.2ClH/c17-15-6-12(20-21-15)16(23)19-9-14-11-5-10(7-18-8-11)13-3-1-2-4-22(13)14;;/h6,10-11,13-14,18H,1-5,7-9H2,(H,19,23)(H3,17,20,21);2*1H/t10-,11+,13+,14+;;/m1../s1. The van der Waals surface area contributed by atoms with E-state index in [1.807, 2.05) is 0 Å². The van der Waals surface area contributed by atoms with Crippen LogP contribution in [0.15, 0.2) is 6.07 Å². The van der Waals surface area contributed by atoms with Gasteiger partial charge in [-0.3, -0.25) is 14.8 Å². The highest BCUT2D eigenvalue weighted by Crippen LogP contribution is 2.38. The van der Waals surface area contributed by atoms with Gasteiger partial charge in [0.05, 0.1) is 0 Å². The molecule has 3 aliphatic heterocycles. The lowest BCUT2D eigenvalue weighted by atomic mass is 9.73. The zero-order valence-electron chi connectivity index (χ0n) is 14.2. The van der Waals surface area contributed by atoms with Crippen molar-refractivity contribution in [2.45, 2.75) is 37.8 Å². The maximum atomic E-state index is 12.3. The maximum absolute atomic E-state index is 12.3. The summed E-state index contributed by atoms with van der Waals surface area (Å²) in [5.74, 6) is 1.65. The van der Waals surface area contributed by atoms with Gasteiger partial charge in [-0.15, -0.1) is 24.8 Å². The highest BCUT2D eigenvalue weighted by molar-refractivity contribution is 5.92. The molecule has 4 atom stereocenters. The molecule has 0 radical (unpaired) electrons. The summed E-state index contributed by atoms with van der Waals surface area (Å²) < 4.78 is 0. The summed E-state index contributed by atoms with van der Waals surface area (Å²) in [5, 5.41) is 13.2. The number of carbonyl (C=O) groups excluding carboxylic acids is 1. The number of nitrogens with two attached hydrogens (primary N) is 1. The van der Waals surface area contributed by atoms with Gasteiger partial charge in [-0.25, -0.2) is 0 Å². The van der Waals surface area contributed by atoms with Crippen LogP contribution in [0.25, 0.3) is 0 Å². The number of piperidine rings is 3. The lowest BCUT2D eigenvalue weighted by Crippen LogP contribution is -2.65. The molecule has 3 fully saturated rings. The van der Waals surface area contributed by atoms with Crippen molar-refractivity contribution in [1.29, 1.82) is 0 Å². The summed E-state index contributed by atoms with van der Waals surface area (Å²) in [4.78, 5) is 14.9. The number of hydrogen-bond acceptors (Lipinski definition) is 5. The summed E-state index contributed by atoms with van der Waals surface area (Å²) in [6, 6.07) is 2.71. The molecule has 0 aliphatic carbocycles. The van der Waals surface area contributed by atoms with E-state index in [9.17, 15) is 4.79 Å². The molecule has 3 saturated heterocycles. The maximum Gasteiger partial charge on any atom is 0.269 e. The van der Waals surface area contributed by atoms with Crippen LogP contribution in [0.2, 0.25) is 0 Å². The van der Waals surface area contributed by atoms with Crippen LogP contribution >= 0.6 is 24.8 Å². The van der Waals surface area contributed by atoms with Crippen molar-refractivity contribution in [3.05, 3.63) is 11.8 Å². The van der Waals surface area contributed by atoms with E-state index in [0.29, 0.717) is 36.1 Å². The molecule has 0 aromatic carbocycles. The number of fused-ring (bicyclic) bond motifs is 4. The molecule has 9 heteroatoms. The zero-order valence-corrected chi connectivity index (χ0v) is 15.9. The van der Waals surface area contributed by atoms with Gasteiger partial charge in [0.1, 0.15) is 11.5 Å². The first-order valence-corrected chi connectivity index (χ1v) is 8.78. The van der Waals surface area contributed by atoms with Crippen LogP contribution in [-0.2, 0) is 0 Å². The number of aromatic nitrogens is 2. The summed E-state index contributed by atoms with van der Waals surface area (Å²) in [6.45, 7) is 4.10. The number of hydrogen-bond donors (Lipinski definition) is 4. The Hall–Kier alpha value is -1.02. The van der Waals surface area contributed by atoms with Gasteiger partial charge in [0, 0.05) is 24.7 Å². The number of nitrogen functional groups attached to an aromatic ring is 1. The first-order valence-electron chi connectivity index (χ1n) is 8.78. The van der Waals surface area contributed by atoms with Crippen LogP contribution in [-0.4, -0.2) is 59.3 Å². The number of carbonyl (C=O) groups is 1. The SMILES string of the molecule is Cl.Cl.Nc1cc(C(=O)NC[C@H]2[C@@H]3CNC[C@@H](C3)[C@@H]3CCCCN32)[nH]n1. The van der Waals surface area contributed by atoms with Crippen molar-refractivity contribution >= 4 is 36.5 Å². The van der Waals surface area contributed by atoms with Crippen molar-refractivity contribution in [2.24, 2.45) is 11.8 Å². The van der Waals surface area contributed by atoms with Crippen LogP contribution in [0, 0.1) is 11.8 Å². The van der Waals surface area contributed by atoms with E-state index >= 15 is 0 Å². The van der Waals surface area contributed by atoms with Crippen LogP contribution in [0.5, 0.6) is 0 Å². The van der Waals surface area contributed by atoms with Crippen LogP contribution < -0.4 is 16.4 Å². The van der Waals surface area contributed by atoms with Gasteiger partial charge in [-0.2, -0.15) is 5.10 Å². The molecule has 1 aromatic heterocycles. The van der Waals surface area contributed by atoms with Crippen LogP contribution in [0.1, 0.15) is 36.2 Å². The number of aromatic amines is 1. The molecule has 1 amide bonds. The van der Waals surface area contributed by atoms with E-state index in [1.165, 1.54) is 32.2 Å². The molecule has 3 aliphatic rings. The minimum Gasteiger partial charge on any atom is -0.382 e. The number of rotatable bonds is 3. The van der Waals surface area contributed by atoms with E-state index in [4.69, 9.17) is 5.73 Å². The molecule has 25 heavy (non-hydrogen) atoms. The van der Waals surface area contributed by atoms with Gasteiger partial charge < -0.3 is 16.4 Å². The first-order chi connectivity index (χ1) is 11.2. The number of amides is 1. The first kappa shape index (κ1) is 20.3. The number of halogens is 2. The summed E-state index contributed by atoms with van der Waals surface area (Å²) in [7, 11) is 0. The Bertz CT molecular complexity index is 583. The predicted octanol–water partition coefficient (Wildman–Crippen LogP) is 1.03. The predicted molar refractivity (Wildman–Crippen MR) is 102 cm³/mol. The average molecular weight is 391 g/mol. The Morgan fingerprint density at radius 2 is 2.12 bits per heavy atom. The van der Waals surface area contributed by atoms with Gasteiger partial charge in [0.15, 0.2) is 0 Å². The highest BCUT2D eigenvalue weighted by Gasteiger charge is 2.45.